The molecular formula is C12H18N2O4S2. The second-order valence-electron chi connectivity index (χ2n) is 4.97. The van der Waals surface area contributed by atoms with Crippen molar-refractivity contribution in [1.29, 1.82) is 0 Å². The first kappa shape index (κ1) is 15.3. The zero-order valence-electron chi connectivity index (χ0n) is 11.6. The van der Waals surface area contributed by atoms with E-state index in [0.717, 1.165) is 4.88 Å². The summed E-state index contributed by atoms with van der Waals surface area (Å²) in [4.78, 5) is 14.1. The van der Waals surface area contributed by atoms with Crippen LogP contribution in [0.4, 0.5) is 4.79 Å². The number of ether oxygens (including phenoxy) is 1. The second kappa shape index (κ2) is 5.71. The molecular weight excluding hydrogens is 300 g/mol. The van der Waals surface area contributed by atoms with Crippen molar-refractivity contribution in [2.45, 2.75) is 37.1 Å². The first-order valence-electron chi connectivity index (χ1n) is 6.33. The summed E-state index contributed by atoms with van der Waals surface area (Å²) >= 11 is 1.21. The number of amides is 1. The molecule has 1 amide bonds. The van der Waals surface area contributed by atoms with E-state index in [2.05, 4.69) is 4.72 Å². The number of nitrogens with one attached hydrogen (secondary N) is 1. The summed E-state index contributed by atoms with van der Waals surface area (Å²) in [7, 11) is -3.52. The van der Waals surface area contributed by atoms with E-state index in [4.69, 9.17) is 4.74 Å². The molecule has 1 atom stereocenters. The molecule has 20 heavy (non-hydrogen) atoms. The van der Waals surface area contributed by atoms with Crippen LogP contribution in [0, 0.1) is 6.92 Å². The van der Waals surface area contributed by atoms with Gasteiger partial charge in [-0.05, 0) is 32.9 Å². The molecule has 1 aliphatic heterocycles. The predicted octanol–water partition coefficient (Wildman–Crippen LogP) is 1.56. The lowest BCUT2D eigenvalue weighted by Crippen LogP contribution is -2.36. The van der Waals surface area contributed by atoms with Gasteiger partial charge in [-0.2, -0.15) is 0 Å². The molecule has 1 N–H and O–H groups in total. The zero-order chi connectivity index (χ0) is 14.9. The van der Waals surface area contributed by atoms with E-state index in [9.17, 15) is 13.2 Å². The molecule has 1 fully saturated rings. The Labute approximate surface area is 122 Å². The van der Waals surface area contributed by atoms with Crippen LogP contribution >= 0.6 is 11.3 Å². The van der Waals surface area contributed by atoms with Gasteiger partial charge in [-0.1, -0.05) is 0 Å². The molecule has 0 aromatic carbocycles. The van der Waals surface area contributed by atoms with E-state index in [1.807, 2.05) is 20.8 Å². The first-order valence-corrected chi connectivity index (χ1v) is 8.63. The van der Waals surface area contributed by atoms with E-state index in [-0.39, 0.29) is 16.8 Å². The van der Waals surface area contributed by atoms with Gasteiger partial charge in [-0.25, -0.2) is 17.9 Å². The van der Waals surface area contributed by atoms with E-state index in [1.165, 1.54) is 11.3 Å². The Hall–Kier alpha value is -1.12. The van der Waals surface area contributed by atoms with E-state index >= 15 is 0 Å². The Balaban J connectivity index is 1.95. The number of cyclic esters (lactones) is 1. The maximum Gasteiger partial charge on any atom is 0.410 e. The molecule has 1 aliphatic rings. The van der Waals surface area contributed by atoms with Crippen molar-refractivity contribution in [2.75, 3.05) is 13.1 Å². The first-order chi connectivity index (χ1) is 9.29. The van der Waals surface area contributed by atoms with Crippen molar-refractivity contribution < 1.29 is 17.9 Å². The minimum atomic E-state index is -3.52. The Kier molecular flexibility index (Phi) is 4.36. The summed E-state index contributed by atoms with van der Waals surface area (Å²) in [6.45, 7) is 6.13. The monoisotopic (exact) mass is 318 g/mol. The highest BCUT2D eigenvalue weighted by molar-refractivity contribution is 7.91. The van der Waals surface area contributed by atoms with Gasteiger partial charge in [0.2, 0.25) is 10.0 Å². The predicted molar refractivity (Wildman–Crippen MR) is 76.4 cm³/mol. The van der Waals surface area contributed by atoms with Crippen LogP contribution < -0.4 is 4.72 Å². The molecule has 1 aromatic rings. The summed E-state index contributed by atoms with van der Waals surface area (Å²) < 4.78 is 32.0. The number of hydrogen-bond donors (Lipinski definition) is 1. The number of aryl methyl sites for hydroxylation is 1. The Morgan fingerprint density at radius 3 is 2.70 bits per heavy atom. The van der Waals surface area contributed by atoms with Crippen molar-refractivity contribution >= 4 is 27.5 Å². The quantitative estimate of drug-likeness (QED) is 0.894. The van der Waals surface area contributed by atoms with Gasteiger partial charge >= 0.3 is 6.09 Å². The summed E-state index contributed by atoms with van der Waals surface area (Å²) in [5, 5.41) is 0. The molecule has 0 radical (unpaired) electrons. The number of carbonyl (C=O) groups is 1. The van der Waals surface area contributed by atoms with Crippen LogP contribution in [-0.2, 0) is 14.8 Å². The van der Waals surface area contributed by atoms with Crippen LogP contribution in [0.15, 0.2) is 16.3 Å². The maximum absolute atomic E-state index is 12.0. The fourth-order valence-corrected chi connectivity index (χ4v) is 4.29. The number of sulfonamides is 1. The average Bonchev–Trinajstić information content (AvgIpc) is 2.93. The largest absolute Gasteiger partial charge is 0.443 e. The minimum absolute atomic E-state index is 0.0454. The van der Waals surface area contributed by atoms with Crippen LogP contribution in [0.1, 0.15) is 18.7 Å². The summed E-state index contributed by atoms with van der Waals surface area (Å²) in [5.41, 5.74) is 0. The van der Waals surface area contributed by atoms with Gasteiger partial charge < -0.3 is 9.64 Å². The van der Waals surface area contributed by atoms with Gasteiger partial charge in [-0.15, -0.1) is 11.3 Å². The van der Waals surface area contributed by atoms with Crippen molar-refractivity contribution in [2.24, 2.45) is 0 Å². The molecule has 8 heteroatoms. The fourth-order valence-electron chi connectivity index (χ4n) is 1.90. The highest BCUT2D eigenvalue weighted by atomic mass is 32.2. The summed E-state index contributed by atoms with van der Waals surface area (Å²) in [6.07, 6.45) is -0.836. The molecule has 2 heterocycles. The number of hydrogen-bond acceptors (Lipinski definition) is 5. The lowest BCUT2D eigenvalue weighted by molar-refractivity contribution is 0.130. The van der Waals surface area contributed by atoms with Crippen molar-refractivity contribution in [3.63, 3.8) is 0 Å². The third-order valence-corrected chi connectivity index (χ3v) is 5.92. The van der Waals surface area contributed by atoms with Gasteiger partial charge in [0.05, 0.1) is 6.54 Å². The molecule has 0 spiro atoms. The lowest BCUT2D eigenvalue weighted by Gasteiger charge is -2.16. The molecule has 1 saturated heterocycles. The van der Waals surface area contributed by atoms with Crippen molar-refractivity contribution in [3.05, 3.63) is 17.0 Å². The van der Waals surface area contributed by atoms with Gasteiger partial charge in [0, 0.05) is 17.5 Å². The van der Waals surface area contributed by atoms with E-state index in [0.29, 0.717) is 6.54 Å². The third-order valence-electron chi connectivity index (χ3n) is 3.01. The lowest BCUT2D eigenvalue weighted by atomic mass is 10.3. The van der Waals surface area contributed by atoms with Gasteiger partial charge in [-0.3, -0.25) is 0 Å². The standard InChI is InChI=1S/C12H18N2O4S2/c1-8(2)14-7-10(18-12(14)15)6-13-20(16,17)11-5-4-9(3)19-11/h4-5,8,10,13H,6-7H2,1-3H3. The second-order valence-corrected chi connectivity index (χ2v) is 8.25. The summed E-state index contributed by atoms with van der Waals surface area (Å²) in [6, 6.07) is 3.38. The topological polar surface area (TPSA) is 75.7 Å². The molecule has 6 nitrogen and oxygen atoms in total. The average molecular weight is 318 g/mol. The van der Waals surface area contributed by atoms with Crippen LogP contribution in [0.5, 0.6) is 0 Å². The van der Waals surface area contributed by atoms with Crippen LogP contribution in [-0.4, -0.2) is 44.6 Å². The van der Waals surface area contributed by atoms with Crippen LogP contribution in [0.3, 0.4) is 0 Å². The highest BCUT2D eigenvalue weighted by Crippen LogP contribution is 2.21. The van der Waals surface area contributed by atoms with Crippen molar-refractivity contribution in [3.8, 4) is 0 Å². The smallest absolute Gasteiger partial charge is 0.410 e. The van der Waals surface area contributed by atoms with Crippen molar-refractivity contribution in [1.82, 2.24) is 9.62 Å². The Morgan fingerprint density at radius 1 is 1.50 bits per heavy atom. The fraction of sp³-hybridized carbons (Fsp3) is 0.583. The van der Waals surface area contributed by atoms with Gasteiger partial charge in [0.1, 0.15) is 10.3 Å². The van der Waals surface area contributed by atoms with Crippen LogP contribution in [0.2, 0.25) is 0 Å². The Bertz CT molecular complexity index is 594. The Morgan fingerprint density at radius 2 is 2.20 bits per heavy atom. The molecule has 0 aliphatic carbocycles. The van der Waals surface area contributed by atoms with Gasteiger partial charge in [0.25, 0.3) is 0 Å². The van der Waals surface area contributed by atoms with Gasteiger partial charge in [0.15, 0.2) is 0 Å². The van der Waals surface area contributed by atoms with Crippen LogP contribution in [0.25, 0.3) is 0 Å². The third kappa shape index (κ3) is 3.31. The number of nitrogens with zero attached hydrogens (tertiary/aromatic N) is 1. The maximum atomic E-state index is 12.0. The highest BCUT2D eigenvalue weighted by Gasteiger charge is 2.33. The number of rotatable bonds is 5. The molecule has 2 rings (SSSR count). The normalized spacial score (nSPS) is 19.7. The molecule has 112 valence electrons. The van der Waals surface area contributed by atoms with E-state index in [1.54, 1.807) is 17.0 Å². The molecule has 0 bridgehead atoms. The molecule has 1 unspecified atom stereocenters. The SMILES string of the molecule is Cc1ccc(S(=O)(=O)NCC2CN(C(C)C)C(=O)O2)s1. The molecule has 0 saturated carbocycles. The summed E-state index contributed by atoms with van der Waals surface area (Å²) in [5.74, 6) is 0. The minimum Gasteiger partial charge on any atom is -0.443 e. The number of thiophene rings is 1. The van der Waals surface area contributed by atoms with E-state index < -0.39 is 22.2 Å². The molecule has 1 aromatic heterocycles. The zero-order valence-corrected chi connectivity index (χ0v) is 13.3. The number of carbonyl (C=O) groups excluding carboxylic acids is 1.